The highest BCUT2D eigenvalue weighted by molar-refractivity contribution is 6.30. The van der Waals surface area contributed by atoms with Gasteiger partial charge in [0.1, 0.15) is 0 Å². The maximum absolute atomic E-state index is 12.5. The Labute approximate surface area is 124 Å². The number of hydrogen-bond acceptors (Lipinski definition) is 2. The Bertz CT molecular complexity index is 619. The quantitative estimate of drug-likeness (QED) is 0.871. The van der Waals surface area contributed by atoms with Crippen molar-refractivity contribution in [1.29, 1.82) is 0 Å². The van der Waals surface area contributed by atoms with E-state index in [0.29, 0.717) is 10.6 Å². The average molecular weight is 292 g/mol. The van der Waals surface area contributed by atoms with Crippen LogP contribution in [0.3, 0.4) is 0 Å². The monoisotopic (exact) mass is 291 g/mol. The smallest absolute Gasteiger partial charge is 0.257 e. The van der Waals surface area contributed by atoms with Crippen LogP contribution < -0.4 is 0 Å². The van der Waals surface area contributed by atoms with Gasteiger partial charge in [0.2, 0.25) is 0 Å². The van der Waals surface area contributed by atoms with Crippen molar-refractivity contribution in [2.75, 3.05) is 7.05 Å². The molecule has 1 atom stereocenters. The molecule has 0 saturated carbocycles. The van der Waals surface area contributed by atoms with Crippen LogP contribution in [0.15, 0.2) is 30.5 Å². The fourth-order valence-corrected chi connectivity index (χ4v) is 2.27. The molecule has 1 aromatic carbocycles. The lowest BCUT2D eigenvalue weighted by Crippen LogP contribution is -2.29. The molecule has 0 aliphatic rings. The fraction of sp³-hybridized carbons (Fsp3) is 0.333. The van der Waals surface area contributed by atoms with Gasteiger partial charge >= 0.3 is 0 Å². The van der Waals surface area contributed by atoms with Crippen LogP contribution in [0.4, 0.5) is 0 Å². The molecule has 1 unspecified atom stereocenters. The van der Waals surface area contributed by atoms with Gasteiger partial charge in [0, 0.05) is 25.3 Å². The van der Waals surface area contributed by atoms with Crippen LogP contribution in [0.1, 0.15) is 34.6 Å². The third-order valence-electron chi connectivity index (χ3n) is 3.50. The third-order valence-corrected chi connectivity index (χ3v) is 3.75. The van der Waals surface area contributed by atoms with Crippen LogP contribution in [-0.4, -0.2) is 27.6 Å². The standard InChI is InChI=1S/C15H18ClN3O/c1-10-14(9-18(3)17-10)15(20)19(4)11(2)12-5-7-13(16)8-6-12/h5-9,11H,1-4H3. The Hall–Kier alpha value is -1.81. The number of hydrogen-bond donors (Lipinski definition) is 0. The molecular formula is C15H18ClN3O. The molecule has 0 aliphatic heterocycles. The summed E-state index contributed by atoms with van der Waals surface area (Å²) in [6.07, 6.45) is 1.75. The first-order valence-electron chi connectivity index (χ1n) is 6.43. The molecule has 4 nitrogen and oxygen atoms in total. The zero-order valence-corrected chi connectivity index (χ0v) is 12.8. The summed E-state index contributed by atoms with van der Waals surface area (Å²) in [5, 5.41) is 4.90. The first kappa shape index (κ1) is 14.6. The lowest BCUT2D eigenvalue weighted by molar-refractivity contribution is 0.0742. The van der Waals surface area contributed by atoms with Crippen molar-refractivity contribution in [3.05, 3.63) is 52.3 Å². The Kier molecular flexibility index (Phi) is 4.14. The number of aromatic nitrogens is 2. The fourth-order valence-electron chi connectivity index (χ4n) is 2.14. The van der Waals surface area contributed by atoms with Crippen LogP contribution in [-0.2, 0) is 7.05 Å². The van der Waals surface area contributed by atoms with Crippen molar-refractivity contribution < 1.29 is 4.79 Å². The molecule has 0 aliphatic carbocycles. The summed E-state index contributed by atoms with van der Waals surface area (Å²) >= 11 is 5.89. The number of rotatable bonds is 3. The van der Waals surface area contributed by atoms with Crippen molar-refractivity contribution in [3.8, 4) is 0 Å². The summed E-state index contributed by atoms with van der Waals surface area (Å²) in [4.78, 5) is 14.2. The zero-order valence-electron chi connectivity index (χ0n) is 12.1. The van der Waals surface area contributed by atoms with Gasteiger partial charge in [-0.25, -0.2) is 0 Å². The number of amides is 1. The minimum Gasteiger partial charge on any atom is -0.335 e. The Morgan fingerprint density at radius 1 is 1.35 bits per heavy atom. The van der Waals surface area contributed by atoms with Gasteiger partial charge in [-0.3, -0.25) is 9.48 Å². The van der Waals surface area contributed by atoms with Crippen molar-refractivity contribution in [3.63, 3.8) is 0 Å². The van der Waals surface area contributed by atoms with Gasteiger partial charge in [0.25, 0.3) is 5.91 Å². The highest BCUT2D eigenvalue weighted by atomic mass is 35.5. The van der Waals surface area contributed by atoms with E-state index < -0.39 is 0 Å². The molecule has 1 amide bonds. The molecular weight excluding hydrogens is 274 g/mol. The van der Waals surface area contributed by atoms with E-state index >= 15 is 0 Å². The summed E-state index contributed by atoms with van der Waals surface area (Å²) in [5.74, 6) is -0.0296. The van der Waals surface area contributed by atoms with Crippen molar-refractivity contribution in [2.24, 2.45) is 7.05 Å². The molecule has 0 spiro atoms. The van der Waals surface area contributed by atoms with Crippen molar-refractivity contribution >= 4 is 17.5 Å². The second kappa shape index (κ2) is 5.67. The zero-order chi connectivity index (χ0) is 14.9. The number of carbonyl (C=O) groups is 1. The van der Waals surface area contributed by atoms with Crippen LogP contribution in [0.25, 0.3) is 0 Å². The molecule has 0 bridgehead atoms. The maximum atomic E-state index is 12.5. The second-order valence-corrected chi connectivity index (χ2v) is 5.38. The van der Waals surface area contributed by atoms with Gasteiger partial charge in [0.05, 0.1) is 17.3 Å². The van der Waals surface area contributed by atoms with Gasteiger partial charge in [0.15, 0.2) is 0 Å². The second-order valence-electron chi connectivity index (χ2n) is 4.95. The van der Waals surface area contributed by atoms with Gasteiger partial charge in [-0.15, -0.1) is 0 Å². The van der Waals surface area contributed by atoms with Crippen LogP contribution in [0.5, 0.6) is 0 Å². The summed E-state index contributed by atoms with van der Waals surface area (Å²) in [6.45, 7) is 3.83. The van der Waals surface area contributed by atoms with Gasteiger partial charge in [-0.2, -0.15) is 5.10 Å². The molecule has 0 fully saturated rings. The maximum Gasteiger partial charge on any atom is 0.257 e. The molecule has 5 heteroatoms. The summed E-state index contributed by atoms with van der Waals surface area (Å²) in [6, 6.07) is 7.52. The third kappa shape index (κ3) is 2.85. The first-order valence-corrected chi connectivity index (χ1v) is 6.81. The molecule has 106 valence electrons. The molecule has 0 radical (unpaired) electrons. The highest BCUT2D eigenvalue weighted by Gasteiger charge is 2.21. The molecule has 1 heterocycles. The molecule has 20 heavy (non-hydrogen) atoms. The molecule has 2 aromatic rings. The van der Waals surface area contributed by atoms with E-state index in [9.17, 15) is 4.79 Å². The minimum atomic E-state index is -0.0296. The van der Waals surface area contributed by atoms with Crippen molar-refractivity contribution in [2.45, 2.75) is 19.9 Å². The normalized spacial score (nSPS) is 12.2. The van der Waals surface area contributed by atoms with Gasteiger partial charge in [-0.1, -0.05) is 23.7 Å². The Morgan fingerprint density at radius 2 is 1.95 bits per heavy atom. The Balaban J connectivity index is 2.22. The first-order chi connectivity index (χ1) is 9.40. The lowest BCUT2D eigenvalue weighted by atomic mass is 10.1. The summed E-state index contributed by atoms with van der Waals surface area (Å²) < 4.78 is 1.66. The number of aryl methyl sites for hydroxylation is 2. The van der Waals surface area contributed by atoms with E-state index in [4.69, 9.17) is 11.6 Å². The van der Waals surface area contributed by atoms with Crippen LogP contribution in [0.2, 0.25) is 5.02 Å². The van der Waals surface area contributed by atoms with E-state index in [1.54, 1.807) is 22.8 Å². The predicted molar refractivity (Wildman–Crippen MR) is 79.9 cm³/mol. The summed E-state index contributed by atoms with van der Waals surface area (Å²) in [7, 11) is 3.61. The topological polar surface area (TPSA) is 38.1 Å². The molecule has 0 saturated heterocycles. The molecule has 0 N–H and O–H groups in total. The SMILES string of the molecule is Cc1nn(C)cc1C(=O)N(C)C(C)c1ccc(Cl)cc1. The van der Waals surface area contributed by atoms with Gasteiger partial charge in [-0.05, 0) is 31.5 Å². The molecule has 1 aromatic heterocycles. The van der Waals surface area contributed by atoms with Crippen LogP contribution in [0, 0.1) is 6.92 Å². The largest absolute Gasteiger partial charge is 0.335 e. The number of carbonyl (C=O) groups excluding carboxylic acids is 1. The average Bonchev–Trinajstić information content (AvgIpc) is 2.76. The summed E-state index contributed by atoms with van der Waals surface area (Å²) in [5.41, 5.74) is 2.43. The van der Waals surface area contributed by atoms with E-state index in [-0.39, 0.29) is 11.9 Å². The highest BCUT2D eigenvalue weighted by Crippen LogP contribution is 2.23. The van der Waals surface area contributed by atoms with E-state index in [1.807, 2.05) is 45.2 Å². The minimum absolute atomic E-state index is 0.0284. The molecule has 2 rings (SSSR count). The predicted octanol–water partition coefficient (Wildman–Crippen LogP) is 3.22. The number of halogens is 1. The van der Waals surface area contributed by atoms with Gasteiger partial charge < -0.3 is 4.90 Å². The number of benzene rings is 1. The van der Waals surface area contributed by atoms with E-state index in [1.165, 1.54) is 0 Å². The van der Waals surface area contributed by atoms with Crippen LogP contribution >= 0.6 is 11.6 Å². The number of nitrogens with zero attached hydrogens (tertiary/aromatic N) is 3. The van der Waals surface area contributed by atoms with Crippen molar-refractivity contribution in [1.82, 2.24) is 14.7 Å². The van der Waals surface area contributed by atoms with E-state index in [0.717, 1.165) is 11.3 Å². The Morgan fingerprint density at radius 3 is 2.45 bits per heavy atom. The lowest BCUT2D eigenvalue weighted by Gasteiger charge is -2.25. The van der Waals surface area contributed by atoms with E-state index in [2.05, 4.69) is 5.10 Å².